The second-order valence-corrected chi connectivity index (χ2v) is 7.51. The summed E-state index contributed by atoms with van der Waals surface area (Å²) >= 11 is 0. The Bertz CT molecular complexity index is 757. The number of hydrogen-bond donors (Lipinski definition) is 0. The van der Waals surface area contributed by atoms with Gasteiger partial charge in [-0.25, -0.2) is 0 Å². The van der Waals surface area contributed by atoms with Crippen LogP contribution >= 0.6 is 0 Å². The highest BCUT2D eigenvalue weighted by atomic mass is 16.5. The molecule has 0 aliphatic carbocycles. The fourth-order valence-electron chi connectivity index (χ4n) is 4.32. The van der Waals surface area contributed by atoms with Crippen LogP contribution < -0.4 is 0 Å². The van der Waals surface area contributed by atoms with E-state index in [4.69, 9.17) is 13.7 Å². The van der Waals surface area contributed by atoms with Crippen molar-refractivity contribution < 1.29 is 18.5 Å². The first-order valence-electron chi connectivity index (χ1n) is 9.06. The van der Waals surface area contributed by atoms with E-state index in [0.717, 1.165) is 43.1 Å². The van der Waals surface area contributed by atoms with E-state index in [-0.39, 0.29) is 17.2 Å². The standard InChI is InChI=1S/C19H25N3O4/c1-14-15(11-26-20-14)8-22-9-16-12-24-7-5-19(16,13-22)18(23)21(2)10-17-4-3-6-25-17/h3-4,6,11,16H,5,7-10,12-13H2,1-2H3. The van der Waals surface area contributed by atoms with Crippen molar-refractivity contribution in [2.24, 2.45) is 11.3 Å². The third-order valence-corrected chi connectivity index (χ3v) is 5.77. The molecule has 26 heavy (non-hydrogen) atoms. The second kappa shape index (κ2) is 6.89. The van der Waals surface area contributed by atoms with Crippen LogP contribution in [0.4, 0.5) is 0 Å². The fraction of sp³-hybridized carbons (Fsp3) is 0.579. The van der Waals surface area contributed by atoms with Crippen molar-refractivity contribution in [3.05, 3.63) is 41.7 Å². The molecule has 2 unspecified atom stereocenters. The molecule has 4 rings (SSSR count). The number of hydrogen-bond acceptors (Lipinski definition) is 6. The lowest BCUT2D eigenvalue weighted by Crippen LogP contribution is -2.50. The molecule has 4 heterocycles. The first-order chi connectivity index (χ1) is 12.6. The van der Waals surface area contributed by atoms with Gasteiger partial charge in [0.25, 0.3) is 0 Å². The van der Waals surface area contributed by atoms with Gasteiger partial charge in [-0.05, 0) is 25.5 Å². The Balaban J connectivity index is 1.51. The van der Waals surface area contributed by atoms with E-state index in [1.165, 1.54) is 0 Å². The molecule has 2 aromatic rings. The molecule has 0 radical (unpaired) electrons. The van der Waals surface area contributed by atoms with Gasteiger partial charge in [-0.15, -0.1) is 0 Å². The lowest BCUT2D eigenvalue weighted by atomic mass is 9.73. The number of carbonyl (C=O) groups excluding carboxylic acids is 1. The van der Waals surface area contributed by atoms with Gasteiger partial charge >= 0.3 is 0 Å². The number of fused-ring (bicyclic) bond motifs is 1. The Labute approximate surface area is 152 Å². The zero-order chi connectivity index (χ0) is 18.1. The van der Waals surface area contributed by atoms with Crippen molar-refractivity contribution in [1.29, 1.82) is 0 Å². The topological polar surface area (TPSA) is 72.0 Å². The summed E-state index contributed by atoms with van der Waals surface area (Å²) in [7, 11) is 1.86. The average molecular weight is 359 g/mol. The van der Waals surface area contributed by atoms with Crippen molar-refractivity contribution >= 4 is 5.91 Å². The molecule has 7 heteroatoms. The number of aryl methyl sites for hydroxylation is 1. The van der Waals surface area contributed by atoms with E-state index < -0.39 is 0 Å². The van der Waals surface area contributed by atoms with E-state index in [9.17, 15) is 4.79 Å². The SMILES string of the molecule is Cc1nocc1CN1CC2COCCC2(C(=O)N(C)Cc2ccco2)C1. The quantitative estimate of drug-likeness (QED) is 0.814. The maximum absolute atomic E-state index is 13.4. The molecular weight excluding hydrogens is 334 g/mol. The molecule has 0 bridgehead atoms. The first kappa shape index (κ1) is 17.3. The van der Waals surface area contributed by atoms with Crippen LogP contribution in [-0.4, -0.2) is 54.2 Å². The summed E-state index contributed by atoms with van der Waals surface area (Å²) in [6.07, 6.45) is 4.10. The maximum atomic E-state index is 13.4. The summed E-state index contributed by atoms with van der Waals surface area (Å²) in [6.45, 7) is 6.06. The number of carbonyl (C=O) groups is 1. The molecule has 2 saturated heterocycles. The van der Waals surface area contributed by atoms with Gasteiger partial charge in [-0.2, -0.15) is 0 Å². The van der Waals surface area contributed by atoms with Crippen molar-refractivity contribution in [1.82, 2.24) is 15.0 Å². The Hall–Kier alpha value is -2.12. The predicted molar refractivity (Wildman–Crippen MR) is 93.1 cm³/mol. The van der Waals surface area contributed by atoms with Gasteiger partial charge in [0.05, 0.1) is 30.5 Å². The molecule has 140 valence electrons. The molecule has 2 aliphatic heterocycles. The number of aromatic nitrogens is 1. The van der Waals surface area contributed by atoms with Gasteiger partial charge in [0.15, 0.2) is 0 Å². The Morgan fingerprint density at radius 1 is 1.50 bits per heavy atom. The van der Waals surface area contributed by atoms with Crippen molar-refractivity contribution in [3.8, 4) is 0 Å². The lowest BCUT2D eigenvalue weighted by Gasteiger charge is -2.39. The Morgan fingerprint density at radius 2 is 2.38 bits per heavy atom. The molecular formula is C19H25N3O4. The highest BCUT2D eigenvalue weighted by molar-refractivity contribution is 5.83. The normalized spacial score (nSPS) is 26.0. The van der Waals surface area contributed by atoms with Gasteiger partial charge in [0.1, 0.15) is 12.0 Å². The van der Waals surface area contributed by atoms with Crippen LogP contribution in [0.1, 0.15) is 23.4 Å². The van der Waals surface area contributed by atoms with Crippen LogP contribution in [-0.2, 0) is 22.6 Å². The van der Waals surface area contributed by atoms with Crippen LogP contribution in [0.25, 0.3) is 0 Å². The van der Waals surface area contributed by atoms with Crippen LogP contribution in [0.5, 0.6) is 0 Å². The largest absolute Gasteiger partial charge is 0.467 e. The highest BCUT2D eigenvalue weighted by Gasteiger charge is 2.54. The predicted octanol–water partition coefficient (Wildman–Crippen LogP) is 2.07. The summed E-state index contributed by atoms with van der Waals surface area (Å²) in [6, 6.07) is 3.75. The maximum Gasteiger partial charge on any atom is 0.230 e. The molecule has 2 atom stereocenters. The van der Waals surface area contributed by atoms with E-state index in [2.05, 4.69) is 10.1 Å². The molecule has 1 amide bonds. The van der Waals surface area contributed by atoms with Gasteiger partial charge in [-0.1, -0.05) is 5.16 Å². The Kier molecular flexibility index (Phi) is 4.58. The lowest BCUT2D eigenvalue weighted by molar-refractivity contribution is -0.150. The number of amides is 1. The number of nitrogens with zero attached hydrogens (tertiary/aromatic N) is 3. The molecule has 0 N–H and O–H groups in total. The summed E-state index contributed by atoms with van der Waals surface area (Å²) in [5.74, 6) is 1.20. The van der Waals surface area contributed by atoms with E-state index in [1.54, 1.807) is 17.4 Å². The monoisotopic (exact) mass is 359 g/mol. The van der Waals surface area contributed by atoms with E-state index >= 15 is 0 Å². The first-order valence-corrected chi connectivity index (χ1v) is 9.06. The third-order valence-electron chi connectivity index (χ3n) is 5.77. The minimum Gasteiger partial charge on any atom is -0.467 e. The van der Waals surface area contributed by atoms with Gasteiger partial charge in [0, 0.05) is 44.8 Å². The molecule has 0 aromatic carbocycles. The molecule has 2 aromatic heterocycles. The van der Waals surface area contributed by atoms with Crippen molar-refractivity contribution in [3.63, 3.8) is 0 Å². The number of rotatable bonds is 5. The summed E-state index contributed by atoms with van der Waals surface area (Å²) in [5.41, 5.74) is 1.60. The van der Waals surface area contributed by atoms with Gasteiger partial charge in [-0.3, -0.25) is 9.69 Å². The number of ether oxygens (including phenoxy) is 1. The van der Waals surface area contributed by atoms with E-state index in [0.29, 0.717) is 19.8 Å². The zero-order valence-corrected chi connectivity index (χ0v) is 15.3. The minimum atomic E-state index is -0.384. The van der Waals surface area contributed by atoms with Crippen LogP contribution in [0.2, 0.25) is 0 Å². The molecule has 0 saturated carbocycles. The van der Waals surface area contributed by atoms with Crippen LogP contribution in [0, 0.1) is 18.3 Å². The summed E-state index contributed by atoms with van der Waals surface area (Å²) in [4.78, 5) is 17.5. The van der Waals surface area contributed by atoms with Gasteiger partial charge in [0.2, 0.25) is 5.91 Å². The van der Waals surface area contributed by atoms with Crippen molar-refractivity contribution in [2.75, 3.05) is 33.4 Å². The minimum absolute atomic E-state index is 0.187. The fourth-order valence-corrected chi connectivity index (χ4v) is 4.32. The molecule has 7 nitrogen and oxygen atoms in total. The molecule has 2 fully saturated rings. The third kappa shape index (κ3) is 3.05. The van der Waals surface area contributed by atoms with Crippen LogP contribution in [0.15, 0.2) is 33.6 Å². The van der Waals surface area contributed by atoms with E-state index in [1.807, 2.05) is 26.1 Å². The average Bonchev–Trinajstić information content (AvgIpc) is 3.35. The smallest absolute Gasteiger partial charge is 0.230 e. The van der Waals surface area contributed by atoms with Gasteiger partial charge < -0.3 is 18.6 Å². The number of likely N-dealkylation sites (tertiary alicyclic amines) is 1. The summed E-state index contributed by atoms with van der Waals surface area (Å²) < 4.78 is 16.2. The van der Waals surface area contributed by atoms with Crippen LogP contribution in [0.3, 0.4) is 0 Å². The number of furan rings is 1. The summed E-state index contributed by atoms with van der Waals surface area (Å²) in [5, 5.41) is 3.96. The zero-order valence-electron chi connectivity index (χ0n) is 15.3. The molecule has 2 aliphatic rings. The molecule has 0 spiro atoms. The highest BCUT2D eigenvalue weighted by Crippen LogP contribution is 2.44. The Morgan fingerprint density at radius 3 is 3.12 bits per heavy atom. The van der Waals surface area contributed by atoms with Crippen molar-refractivity contribution in [2.45, 2.75) is 26.4 Å². The second-order valence-electron chi connectivity index (χ2n) is 7.51.